The minimum absolute atomic E-state index is 0.280. The molecule has 2 aromatic carbocycles. The Bertz CT molecular complexity index is 1030. The van der Waals surface area contributed by atoms with Crippen LogP contribution in [0.1, 0.15) is 15.9 Å². The van der Waals surface area contributed by atoms with Crippen molar-refractivity contribution >= 4 is 56.9 Å². The molecule has 1 aromatic heterocycles. The number of amides is 2. The van der Waals surface area contributed by atoms with Crippen molar-refractivity contribution in [2.75, 3.05) is 6.61 Å². The number of hydrogen-bond acceptors (Lipinski definition) is 4. The van der Waals surface area contributed by atoms with Crippen molar-refractivity contribution < 1.29 is 14.3 Å². The zero-order valence-electron chi connectivity index (χ0n) is 14.3. The average molecular weight is 496 g/mol. The van der Waals surface area contributed by atoms with E-state index >= 15 is 0 Å². The highest BCUT2D eigenvalue weighted by Crippen LogP contribution is 2.34. The Labute approximate surface area is 174 Å². The fourth-order valence-electron chi connectivity index (χ4n) is 2.44. The molecule has 8 heteroatoms. The van der Waals surface area contributed by atoms with Crippen molar-refractivity contribution in [3.05, 3.63) is 68.4 Å². The van der Waals surface area contributed by atoms with Gasteiger partial charge in [-0.05, 0) is 59.8 Å². The quantitative estimate of drug-likeness (QED) is 0.428. The van der Waals surface area contributed by atoms with E-state index in [2.05, 4.69) is 38.4 Å². The highest BCUT2D eigenvalue weighted by atomic mass is 127. The summed E-state index contributed by atoms with van der Waals surface area (Å²) in [7, 11) is 0. The highest BCUT2D eigenvalue weighted by Gasteiger charge is 2.14. The number of hydrogen-bond donors (Lipinski definition) is 2. The van der Waals surface area contributed by atoms with Crippen LogP contribution in [0.4, 0.5) is 0 Å². The second kappa shape index (κ2) is 8.53. The van der Waals surface area contributed by atoms with Crippen molar-refractivity contribution in [1.82, 2.24) is 15.8 Å². The monoisotopic (exact) mass is 495 g/mol. The number of rotatable bonds is 4. The first-order valence-corrected chi connectivity index (χ1v) is 9.43. The summed E-state index contributed by atoms with van der Waals surface area (Å²) in [5.74, 6) is -0.429. The van der Waals surface area contributed by atoms with E-state index in [0.29, 0.717) is 21.9 Å². The number of carbonyl (C=O) groups excluding carboxylic acids is 2. The predicted molar refractivity (Wildman–Crippen MR) is 112 cm³/mol. The Kier molecular flexibility index (Phi) is 6.12. The Hall–Kier alpha value is -2.39. The summed E-state index contributed by atoms with van der Waals surface area (Å²) in [4.78, 5) is 28.4. The molecular formula is C19H15ClIN3O3. The lowest BCUT2D eigenvalue weighted by Crippen LogP contribution is -2.43. The second-order valence-corrected chi connectivity index (χ2v) is 7.30. The van der Waals surface area contributed by atoms with Crippen molar-refractivity contribution in [2.24, 2.45) is 0 Å². The van der Waals surface area contributed by atoms with Crippen LogP contribution in [-0.4, -0.2) is 23.4 Å². The minimum Gasteiger partial charge on any atom is -0.480 e. The number of carbonyl (C=O) groups is 2. The van der Waals surface area contributed by atoms with Crippen molar-refractivity contribution in [2.45, 2.75) is 6.92 Å². The van der Waals surface area contributed by atoms with Crippen LogP contribution in [0.2, 0.25) is 5.02 Å². The van der Waals surface area contributed by atoms with Gasteiger partial charge >= 0.3 is 0 Å². The van der Waals surface area contributed by atoms with E-state index in [4.69, 9.17) is 16.3 Å². The maximum atomic E-state index is 12.0. The van der Waals surface area contributed by atoms with E-state index in [1.807, 2.05) is 19.1 Å². The summed E-state index contributed by atoms with van der Waals surface area (Å²) in [6, 6.07) is 12.4. The molecular weight excluding hydrogens is 481 g/mol. The molecule has 1 heterocycles. The third-order valence-electron chi connectivity index (χ3n) is 3.69. The van der Waals surface area contributed by atoms with Gasteiger partial charge in [0, 0.05) is 17.1 Å². The van der Waals surface area contributed by atoms with Gasteiger partial charge in [0.05, 0.1) is 8.59 Å². The fraction of sp³-hybridized carbons (Fsp3) is 0.105. The molecule has 0 aliphatic heterocycles. The number of aromatic nitrogens is 1. The molecule has 0 fully saturated rings. The van der Waals surface area contributed by atoms with Gasteiger partial charge in [0.25, 0.3) is 11.8 Å². The zero-order valence-corrected chi connectivity index (χ0v) is 17.2. The van der Waals surface area contributed by atoms with E-state index in [0.717, 1.165) is 14.5 Å². The van der Waals surface area contributed by atoms with Crippen LogP contribution in [0.5, 0.6) is 5.75 Å². The van der Waals surface area contributed by atoms with Gasteiger partial charge < -0.3 is 4.74 Å². The number of halogens is 2. The summed E-state index contributed by atoms with van der Waals surface area (Å²) < 4.78 is 6.37. The number of nitrogens with one attached hydrogen (secondary N) is 2. The highest BCUT2D eigenvalue weighted by molar-refractivity contribution is 14.1. The molecule has 138 valence electrons. The maximum Gasteiger partial charge on any atom is 0.276 e. The van der Waals surface area contributed by atoms with Gasteiger partial charge in [0.2, 0.25) is 0 Å². The summed E-state index contributed by atoms with van der Waals surface area (Å²) in [5, 5.41) is 1.30. The van der Waals surface area contributed by atoms with Gasteiger partial charge in [-0.2, -0.15) is 0 Å². The molecule has 0 unspecified atom stereocenters. The zero-order chi connectivity index (χ0) is 19.4. The number of ether oxygens (including phenoxy) is 1. The lowest BCUT2D eigenvalue weighted by atomic mass is 10.1. The number of fused-ring (bicyclic) bond motifs is 1. The first-order chi connectivity index (χ1) is 13.0. The van der Waals surface area contributed by atoms with Gasteiger partial charge in [-0.3, -0.25) is 25.4 Å². The Morgan fingerprint density at radius 1 is 1.19 bits per heavy atom. The van der Waals surface area contributed by atoms with Gasteiger partial charge in [-0.25, -0.2) is 0 Å². The van der Waals surface area contributed by atoms with Gasteiger partial charge in [-0.1, -0.05) is 29.3 Å². The standard InChI is InChI=1S/C19H15ClIN3O3/c1-11-4-2-5-12(8-11)19(26)24-23-16(25)10-27-18-15(21)9-14(20)13-6-3-7-22-17(13)18/h2-9H,10H2,1H3,(H,23,25)(H,24,26). The van der Waals surface area contributed by atoms with Gasteiger partial charge in [0.15, 0.2) is 12.4 Å². The second-order valence-electron chi connectivity index (χ2n) is 5.73. The summed E-state index contributed by atoms with van der Waals surface area (Å²) in [5.41, 5.74) is 6.69. The van der Waals surface area contributed by atoms with Crippen LogP contribution >= 0.6 is 34.2 Å². The predicted octanol–water partition coefficient (Wildman–Crippen LogP) is 3.64. The van der Waals surface area contributed by atoms with E-state index in [-0.39, 0.29) is 6.61 Å². The van der Waals surface area contributed by atoms with Crippen LogP contribution in [0.25, 0.3) is 10.9 Å². The third-order valence-corrected chi connectivity index (χ3v) is 4.81. The molecule has 0 aliphatic carbocycles. The number of hydrazine groups is 1. The van der Waals surface area contributed by atoms with Crippen molar-refractivity contribution in [1.29, 1.82) is 0 Å². The molecule has 27 heavy (non-hydrogen) atoms. The number of benzene rings is 2. The first kappa shape index (κ1) is 19.4. The summed E-state index contributed by atoms with van der Waals surface area (Å²) in [6.07, 6.45) is 1.63. The van der Waals surface area contributed by atoms with Crippen LogP contribution in [0.15, 0.2) is 48.7 Å². The Morgan fingerprint density at radius 3 is 2.78 bits per heavy atom. The molecule has 0 radical (unpaired) electrons. The molecule has 6 nitrogen and oxygen atoms in total. The molecule has 3 rings (SSSR count). The van der Waals surface area contributed by atoms with E-state index in [1.54, 1.807) is 36.5 Å². The smallest absolute Gasteiger partial charge is 0.276 e. The van der Waals surface area contributed by atoms with Crippen LogP contribution in [0, 0.1) is 10.5 Å². The number of aryl methyl sites for hydroxylation is 1. The summed E-state index contributed by atoms with van der Waals surface area (Å²) in [6.45, 7) is 1.60. The molecule has 0 spiro atoms. The summed E-state index contributed by atoms with van der Waals surface area (Å²) >= 11 is 8.30. The first-order valence-electron chi connectivity index (χ1n) is 7.97. The lowest BCUT2D eigenvalue weighted by Gasteiger charge is -2.12. The lowest BCUT2D eigenvalue weighted by molar-refractivity contribution is -0.123. The minimum atomic E-state index is -0.495. The normalized spacial score (nSPS) is 10.5. The SMILES string of the molecule is Cc1cccc(C(=O)NNC(=O)COc2c(I)cc(Cl)c3cccnc23)c1. The van der Waals surface area contributed by atoms with Crippen LogP contribution in [0.3, 0.4) is 0 Å². The van der Waals surface area contributed by atoms with Gasteiger partial charge in [-0.15, -0.1) is 0 Å². The number of nitrogens with zero attached hydrogens (tertiary/aromatic N) is 1. The largest absolute Gasteiger partial charge is 0.480 e. The van der Waals surface area contributed by atoms with Crippen molar-refractivity contribution in [3.8, 4) is 5.75 Å². The molecule has 2 amide bonds. The third kappa shape index (κ3) is 4.67. The topological polar surface area (TPSA) is 80.3 Å². The molecule has 0 bridgehead atoms. The van der Waals surface area contributed by atoms with E-state index < -0.39 is 11.8 Å². The maximum absolute atomic E-state index is 12.0. The van der Waals surface area contributed by atoms with Crippen LogP contribution in [-0.2, 0) is 4.79 Å². The fourth-order valence-corrected chi connectivity index (χ4v) is 3.61. The molecule has 3 aromatic rings. The van der Waals surface area contributed by atoms with E-state index in [1.165, 1.54) is 0 Å². The molecule has 0 saturated heterocycles. The van der Waals surface area contributed by atoms with Crippen LogP contribution < -0.4 is 15.6 Å². The molecule has 0 aliphatic rings. The van der Waals surface area contributed by atoms with Crippen molar-refractivity contribution in [3.63, 3.8) is 0 Å². The Balaban J connectivity index is 1.63. The number of pyridine rings is 1. The average Bonchev–Trinajstić information content (AvgIpc) is 2.66. The molecule has 0 saturated carbocycles. The Morgan fingerprint density at radius 2 is 2.00 bits per heavy atom. The van der Waals surface area contributed by atoms with E-state index in [9.17, 15) is 9.59 Å². The van der Waals surface area contributed by atoms with Gasteiger partial charge in [0.1, 0.15) is 5.52 Å². The molecule has 2 N–H and O–H groups in total. The molecule has 0 atom stereocenters.